The number of sulfonamides is 1. The van der Waals surface area contributed by atoms with Crippen molar-refractivity contribution in [3.05, 3.63) is 22.2 Å². The van der Waals surface area contributed by atoms with Crippen molar-refractivity contribution in [2.45, 2.75) is 17.7 Å². The van der Waals surface area contributed by atoms with Gasteiger partial charge in [0.05, 0.1) is 13.2 Å². The van der Waals surface area contributed by atoms with Gasteiger partial charge in [-0.3, -0.25) is 0 Å². The van der Waals surface area contributed by atoms with E-state index >= 15 is 0 Å². The fraction of sp³-hybridized carbons (Fsp3) is 0.400. The fourth-order valence-corrected chi connectivity index (χ4v) is 3.56. The molecule has 0 saturated carbocycles. The van der Waals surface area contributed by atoms with Gasteiger partial charge < -0.3 is 4.74 Å². The molecule has 0 atom stereocenters. The lowest BCUT2D eigenvalue weighted by Crippen LogP contribution is -2.29. The van der Waals surface area contributed by atoms with E-state index in [1.807, 2.05) is 4.72 Å². The summed E-state index contributed by atoms with van der Waals surface area (Å²) < 4.78 is 55.6. The number of rotatable bonds is 4. The van der Waals surface area contributed by atoms with E-state index in [-0.39, 0.29) is 10.6 Å². The van der Waals surface area contributed by atoms with Crippen molar-refractivity contribution in [2.24, 2.45) is 0 Å². The molecule has 8 heteroatoms. The Morgan fingerprint density at radius 2 is 2.17 bits per heavy atom. The summed E-state index contributed by atoms with van der Waals surface area (Å²) in [5.74, 6) is 0.250. The summed E-state index contributed by atoms with van der Waals surface area (Å²) in [4.78, 5) is -0.106. The highest BCUT2D eigenvalue weighted by atomic mass is 79.9. The molecule has 100 valence electrons. The van der Waals surface area contributed by atoms with Gasteiger partial charge in [0.15, 0.2) is 0 Å². The number of hydrogen-bond donors (Lipinski definition) is 1. The average Bonchev–Trinajstić information content (AvgIpc) is 2.73. The molecular weight excluding hydrogens is 332 g/mol. The third-order valence-electron chi connectivity index (χ3n) is 2.43. The van der Waals surface area contributed by atoms with E-state index in [1.54, 1.807) is 6.07 Å². The van der Waals surface area contributed by atoms with Crippen LogP contribution in [-0.2, 0) is 16.4 Å². The van der Waals surface area contributed by atoms with Crippen LogP contribution in [0.1, 0.15) is 5.56 Å². The smallest absolute Gasteiger partial charge is 0.251 e. The molecule has 0 aromatic heterocycles. The molecule has 0 unspecified atom stereocenters. The van der Waals surface area contributed by atoms with Crippen molar-refractivity contribution >= 4 is 26.0 Å². The van der Waals surface area contributed by atoms with E-state index in [2.05, 4.69) is 15.9 Å². The third-order valence-corrected chi connectivity index (χ3v) is 4.32. The number of fused-ring (bicyclic) bond motifs is 1. The second-order valence-electron chi connectivity index (χ2n) is 3.73. The van der Waals surface area contributed by atoms with Crippen molar-refractivity contribution < 1.29 is 21.9 Å². The van der Waals surface area contributed by atoms with Gasteiger partial charge in [-0.25, -0.2) is 21.9 Å². The topological polar surface area (TPSA) is 55.4 Å². The fourth-order valence-electron chi connectivity index (χ4n) is 1.69. The van der Waals surface area contributed by atoms with Gasteiger partial charge in [-0.05, 0) is 12.1 Å². The van der Waals surface area contributed by atoms with Crippen LogP contribution in [0.25, 0.3) is 0 Å². The Morgan fingerprint density at radius 3 is 2.83 bits per heavy atom. The molecule has 1 heterocycles. The largest absolute Gasteiger partial charge is 0.492 e. The Kier molecular flexibility index (Phi) is 3.88. The quantitative estimate of drug-likeness (QED) is 0.910. The molecule has 18 heavy (non-hydrogen) atoms. The van der Waals surface area contributed by atoms with Crippen LogP contribution in [0, 0.1) is 0 Å². The van der Waals surface area contributed by atoms with Gasteiger partial charge in [0, 0.05) is 16.5 Å². The molecule has 0 radical (unpaired) electrons. The molecule has 1 aromatic rings. The number of alkyl halides is 2. The minimum Gasteiger partial charge on any atom is -0.492 e. The van der Waals surface area contributed by atoms with Gasteiger partial charge in [0.1, 0.15) is 10.6 Å². The minimum absolute atomic E-state index is 0.106. The zero-order valence-corrected chi connectivity index (χ0v) is 11.5. The molecule has 4 nitrogen and oxygen atoms in total. The Balaban J connectivity index is 2.39. The first-order valence-electron chi connectivity index (χ1n) is 5.13. The maximum atomic E-state index is 12.1. The van der Waals surface area contributed by atoms with Crippen LogP contribution in [0.4, 0.5) is 8.78 Å². The maximum absolute atomic E-state index is 12.1. The van der Waals surface area contributed by atoms with Crippen LogP contribution in [0.15, 0.2) is 21.5 Å². The number of benzene rings is 1. The SMILES string of the molecule is O=S(=O)(NCC(F)F)c1cc(Br)cc2c1OCC2. The predicted octanol–water partition coefficient (Wildman–Crippen LogP) is 1.93. The van der Waals surface area contributed by atoms with E-state index in [9.17, 15) is 17.2 Å². The monoisotopic (exact) mass is 341 g/mol. The van der Waals surface area contributed by atoms with Gasteiger partial charge in [-0.1, -0.05) is 15.9 Å². The molecule has 0 fully saturated rings. The highest BCUT2D eigenvalue weighted by Gasteiger charge is 2.26. The third kappa shape index (κ3) is 2.81. The zero-order valence-electron chi connectivity index (χ0n) is 9.12. The first-order valence-corrected chi connectivity index (χ1v) is 7.41. The molecule has 0 saturated heterocycles. The van der Waals surface area contributed by atoms with Crippen LogP contribution < -0.4 is 9.46 Å². The van der Waals surface area contributed by atoms with Gasteiger partial charge in [-0.2, -0.15) is 0 Å². The normalized spacial score (nSPS) is 14.7. The van der Waals surface area contributed by atoms with Gasteiger partial charge in [0.25, 0.3) is 6.43 Å². The van der Waals surface area contributed by atoms with Crippen molar-refractivity contribution in [1.29, 1.82) is 0 Å². The van der Waals surface area contributed by atoms with Crippen LogP contribution >= 0.6 is 15.9 Å². The molecule has 1 aliphatic rings. The summed E-state index contributed by atoms with van der Waals surface area (Å²) in [6.07, 6.45) is -2.13. The summed E-state index contributed by atoms with van der Waals surface area (Å²) in [6.45, 7) is -0.521. The number of halogens is 3. The van der Waals surface area contributed by atoms with E-state index in [0.717, 1.165) is 5.56 Å². The molecule has 2 rings (SSSR count). The maximum Gasteiger partial charge on any atom is 0.251 e. The van der Waals surface area contributed by atoms with Crippen LogP contribution in [0.5, 0.6) is 5.75 Å². The molecule has 1 aliphatic heterocycles. The summed E-state index contributed by atoms with van der Waals surface area (Å²) in [5, 5.41) is 0. The second-order valence-corrected chi connectivity index (χ2v) is 6.38. The molecule has 0 aliphatic carbocycles. The first-order chi connectivity index (χ1) is 8.40. The van der Waals surface area contributed by atoms with Gasteiger partial charge >= 0.3 is 0 Å². The van der Waals surface area contributed by atoms with Gasteiger partial charge in [0.2, 0.25) is 10.0 Å². The van der Waals surface area contributed by atoms with Crippen LogP contribution in [-0.4, -0.2) is 28.0 Å². The lowest BCUT2D eigenvalue weighted by molar-refractivity contribution is 0.153. The van der Waals surface area contributed by atoms with Crippen molar-refractivity contribution in [2.75, 3.05) is 13.2 Å². The number of hydrogen-bond acceptors (Lipinski definition) is 3. The van der Waals surface area contributed by atoms with E-state index in [4.69, 9.17) is 4.74 Å². The molecular formula is C10H10BrF2NO3S. The molecule has 0 bridgehead atoms. The highest BCUT2D eigenvalue weighted by molar-refractivity contribution is 9.10. The highest BCUT2D eigenvalue weighted by Crippen LogP contribution is 2.35. The lowest BCUT2D eigenvalue weighted by Gasteiger charge is -2.10. The van der Waals surface area contributed by atoms with Gasteiger partial charge in [-0.15, -0.1) is 0 Å². The Labute approximate surface area is 112 Å². The zero-order chi connectivity index (χ0) is 13.3. The van der Waals surface area contributed by atoms with Crippen molar-refractivity contribution in [1.82, 2.24) is 4.72 Å². The molecule has 1 N–H and O–H groups in total. The number of nitrogens with one attached hydrogen (secondary N) is 1. The van der Waals surface area contributed by atoms with Crippen LogP contribution in [0.2, 0.25) is 0 Å². The molecule has 1 aromatic carbocycles. The summed E-state index contributed by atoms with van der Waals surface area (Å²) in [6, 6.07) is 3.10. The van der Waals surface area contributed by atoms with Crippen LogP contribution in [0.3, 0.4) is 0 Å². The minimum atomic E-state index is -3.99. The van der Waals surface area contributed by atoms with E-state index in [1.165, 1.54) is 6.07 Å². The Bertz CT molecular complexity index is 562. The lowest BCUT2D eigenvalue weighted by atomic mass is 10.2. The standard InChI is InChI=1S/C10H10BrF2NO3S/c11-7-3-6-1-2-17-10(6)8(4-7)18(15,16)14-5-9(12)13/h3-4,9,14H,1-2,5H2. The predicted molar refractivity (Wildman–Crippen MR) is 64.5 cm³/mol. The first kappa shape index (κ1) is 13.7. The Hall–Kier alpha value is -0.730. The summed E-state index contributed by atoms with van der Waals surface area (Å²) in [7, 11) is -3.99. The number of ether oxygens (including phenoxy) is 1. The van der Waals surface area contributed by atoms with Crippen molar-refractivity contribution in [3.63, 3.8) is 0 Å². The summed E-state index contributed by atoms with van der Waals surface area (Å²) >= 11 is 3.19. The van der Waals surface area contributed by atoms with E-state index in [0.29, 0.717) is 17.5 Å². The Morgan fingerprint density at radius 1 is 1.44 bits per heavy atom. The average molecular weight is 342 g/mol. The van der Waals surface area contributed by atoms with E-state index < -0.39 is 23.0 Å². The molecule has 0 amide bonds. The second kappa shape index (κ2) is 5.10. The van der Waals surface area contributed by atoms with Crippen molar-refractivity contribution in [3.8, 4) is 5.75 Å². The molecule has 0 spiro atoms. The summed E-state index contributed by atoms with van der Waals surface area (Å²) in [5.41, 5.74) is 0.752.